The Kier molecular flexibility index (Phi) is 5.71. The van der Waals surface area contributed by atoms with Crippen molar-refractivity contribution in [2.24, 2.45) is 7.05 Å². The fourth-order valence-electron chi connectivity index (χ4n) is 1.96. The minimum Gasteiger partial charge on any atom is -0.485 e. The molecule has 0 amide bonds. The number of ether oxygens (including phenoxy) is 2. The zero-order valence-corrected chi connectivity index (χ0v) is 12.8. The molecular weight excluding hydrogens is 268 g/mol. The number of hydrogen-bond donors (Lipinski definition) is 1. The quantitative estimate of drug-likeness (QED) is 0.745. The zero-order chi connectivity index (χ0) is 15.1. The Morgan fingerprint density at radius 2 is 2.19 bits per heavy atom. The Bertz CT molecular complexity index is 569. The van der Waals surface area contributed by atoms with Gasteiger partial charge in [0.1, 0.15) is 18.7 Å². The highest BCUT2D eigenvalue weighted by Crippen LogP contribution is 2.20. The first-order valence-corrected chi connectivity index (χ1v) is 6.95. The number of nitrogens with zero attached hydrogens (tertiary/aromatic N) is 3. The van der Waals surface area contributed by atoms with E-state index in [1.54, 1.807) is 13.4 Å². The predicted molar refractivity (Wildman–Crippen MR) is 80.1 cm³/mol. The number of benzene rings is 1. The summed E-state index contributed by atoms with van der Waals surface area (Å²) in [6.45, 7) is 4.74. The van der Waals surface area contributed by atoms with Crippen LogP contribution in [0.15, 0.2) is 24.5 Å². The van der Waals surface area contributed by atoms with Gasteiger partial charge in [0.2, 0.25) is 0 Å². The van der Waals surface area contributed by atoms with Gasteiger partial charge in [-0.2, -0.15) is 0 Å². The number of nitrogens with one attached hydrogen (secondary N) is 1. The second kappa shape index (κ2) is 7.75. The second-order valence-electron chi connectivity index (χ2n) is 4.93. The van der Waals surface area contributed by atoms with E-state index < -0.39 is 0 Å². The minimum atomic E-state index is 0.407. The maximum Gasteiger partial charge on any atom is 0.170 e. The van der Waals surface area contributed by atoms with E-state index in [1.165, 1.54) is 5.56 Å². The summed E-state index contributed by atoms with van der Waals surface area (Å²) < 4.78 is 12.8. The number of aryl methyl sites for hydroxylation is 2. The predicted octanol–water partition coefficient (Wildman–Crippen LogP) is 1.44. The maximum atomic E-state index is 5.88. The third-order valence-electron chi connectivity index (χ3n) is 3.18. The maximum absolute atomic E-state index is 5.88. The molecule has 0 atom stereocenters. The lowest BCUT2D eigenvalue weighted by atomic mass is 10.1. The van der Waals surface area contributed by atoms with Crippen LogP contribution in [0.25, 0.3) is 0 Å². The van der Waals surface area contributed by atoms with Crippen molar-refractivity contribution in [1.29, 1.82) is 0 Å². The highest BCUT2D eigenvalue weighted by Gasteiger charge is 2.07. The number of aromatic nitrogens is 3. The Morgan fingerprint density at radius 3 is 2.90 bits per heavy atom. The molecular formula is C15H22N4O2. The minimum absolute atomic E-state index is 0.407. The van der Waals surface area contributed by atoms with Gasteiger partial charge in [-0.05, 0) is 13.0 Å². The molecule has 6 heteroatoms. The van der Waals surface area contributed by atoms with Crippen molar-refractivity contribution in [2.75, 3.05) is 20.3 Å². The van der Waals surface area contributed by atoms with Gasteiger partial charge in [0.15, 0.2) is 5.82 Å². The molecule has 1 N–H and O–H groups in total. The van der Waals surface area contributed by atoms with Crippen molar-refractivity contribution in [3.05, 3.63) is 41.5 Å². The highest BCUT2D eigenvalue weighted by molar-refractivity contribution is 5.36. The van der Waals surface area contributed by atoms with Gasteiger partial charge in [0.25, 0.3) is 0 Å². The third kappa shape index (κ3) is 4.54. The first-order valence-electron chi connectivity index (χ1n) is 6.95. The first-order chi connectivity index (χ1) is 10.2. The van der Waals surface area contributed by atoms with E-state index in [-0.39, 0.29) is 0 Å². The van der Waals surface area contributed by atoms with Gasteiger partial charge in [0, 0.05) is 32.8 Å². The third-order valence-corrected chi connectivity index (χ3v) is 3.18. The van der Waals surface area contributed by atoms with Crippen molar-refractivity contribution in [1.82, 2.24) is 20.1 Å². The summed E-state index contributed by atoms with van der Waals surface area (Å²) in [5.41, 5.74) is 2.35. The number of rotatable bonds is 8. The SMILES string of the molecule is COCCNCc1cc(C)ccc1OCc1nncn1C. The molecule has 1 heterocycles. The Labute approximate surface area is 125 Å². The van der Waals surface area contributed by atoms with Crippen LogP contribution in [0, 0.1) is 6.92 Å². The van der Waals surface area contributed by atoms with E-state index in [1.807, 2.05) is 23.7 Å². The van der Waals surface area contributed by atoms with Crippen LogP contribution in [0.5, 0.6) is 5.75 Å². The lowest BCUT2D eigenvalue weighted by Gasteiger charge is -2.13. The van der Waals surface area contributed by atoms with Crippen molar-refractivity contribution in [3.63, 3.8) is 0 Å². The summed E-state index contributed by atoms with van der Waals surface area (Å²) in [5.74, 6) is 1.67. The van der Waals surface area contributed by atoms with Crippen LogP contribution in [-0.4, -0.2) is 35.0 Å². The molecule has 0 bridgehead atoms. The van der Waals surface area contributed by atoms with E-state index >= 15 is 0 Å². The van der Waals surface area contributed by atoms with Gasteiger partial charge in [-0.3, -0.25) is 0 Å². The summed E-state index contributed by atoms with van der Waals surface area (Å²) in [4.78, 5) is 0. The smallest absolute Gasteiger partial charge is 0.170 e. The lowest BCUT2D eigenvalue weighted by molar-refractivity contribution is 0.199. The average Bonchev–Trinajstić information content (AvgIpc) is 2.88. The molecule has 0 aliphatic carbocycles. The first kappa shape index (κ1) is 15.5. The van der Waals surface area contributed by atoms with E-state index in [4.69, 9.17) is 9.47 Å². The summed E-state index contributed by atoms with van der Waals surface area (Å²) in [7, 11) is 3.60. The van der Waals surface area contributed by atoms with Crippen LogP contribution in [0.4, 0.5) is 0 Å². The summed E-state index contributed by atoms with van der Waals surface area (Å²) in [5, 5.41) is 11.2. The van der Waals surface area contributed by atoms with Crippen LogP contribution < -0.4 is 10.1 Å². The average molecular weight is 290 g/mol. The fourth-order valence-corrected chi connectivity index (χ4v) is 1.96. The van der Waals surface area contributed by atoms with Crippen molar-refractivity contribution in [3.8, 4) is 5.75 Å². The lowest BCUT2D eigenvalue weighted by Crippen LogP contribution is -2.19. The van der Waals surface area contributed by atoms with Crippen LogP contribution in [0.2, 0.25) is 0 Å². The molecule has 2 aromatic rings. The largest absolute Gasteiger partial charge is 0.485 e. The number of methoxy groups -OCH3 is 1. The number of hydrogen-bond acceptors (Lipinski definition) is 5. The van der Waals surface area contributed by atoms with Crippen LogP contribution >= 0.6 is 0 Å². The summed E-state index contributed by atoms with van der Waals surface area (Å²) >= 11 is 0. The van der Waals surface area contributed by atoms with E-state index in [2.05, 4.69) is 28.5 Å². The fraction of sp³-hybridized carbons (Fsp3) is 0.467. The molecule has 21 heavy (non-hydrogen) atoms. The van der Waals surface area contributed by atoms with Gasteiger partial charge >= 0.3 is 0 Å². The molecule has 0 radical (unpaired) electrons. The van der Waals surface area contributed by atoms with Crippen molar-refractivity contribution >= 4 is 0 Å². The van der Waals surface area contributed by atoms with Crippen molar-refractivity contribution < 1.29 is 9.47 Å². The van der Waals surface area contributed by atoms with E-state index in [9.17, 15) is 0 Å². The summed E-state index contributed by atoms with van der Waals surface area (Å²) in [6.07, 6.45) is 1.67. The van der Waals surface area contributed by atoms with Gasteiger partial charge in [0.05, 0.1) is 6.61 Å². The molecule has 0 aliphatic heterocycles. The monoisotopic (exact) mass is 290 g/mol. The Morgan fingerprint density at radius 1 is 1.33 bits per heavy atom. The highest BCUT2D eigenvalue weighted by atomic mass is 16.5. The summed E-state index contributed by atoms with van der Waals surface area (Å²) in [6, 6.07) is 6.18. The molecule has 0 fully saturated rings. The molecule has 0 spiro atoms. The van der Waals surface area contributed by atoms with Gasteiger partial charge in [-0.1, -0.05) is 17.7 Å². The molecule has 114 valence electrons. The molecule has 0 aliphatic rings. The van der Waals surface area contributed by atoms with Gasteiger partial charge in [-0.25, -0.2) is 0 Å². The van der Waals surface area contributed by atoms with Gasteiger partial charge < -0.3 is 19.4 Å². The Balaban J connectivity index is 1.99. The molecule has 0 unspecified atom stereocenters. The van der Waals surface area contributed by atoms with E-state index in [0.29, 0.717) is 13.2 Å². The van der Waals surface area contributed by atoms with Crippen LogP contribution in [-0.2, 0) is 24.9 Å². The zero-order valence-electron chi connectivity index (χ0n) is 12.8. The topological polar surface area (TPSA) is 61.2 Å². The molecule has 1 aromatic heterocycles. The van der Waals surface area contributed by atoms with Gasteiger partial charge in [-0.15, -0.1) is 10.2 Å². The standard InChI is InChI=1S/C15H22N4O2/c1-12-4-5-14(13(8-12)9-16-6-7-20-3)21-10-15-18-17-11-19(15)2/h4-5,8,11,16H,6-7,9-10H2,1-3H3. The second-order valence-corrected chi connectivity index (χ2v) is 4.93. The normalized spacial score (nSPS) is 10.8. The Hall–Kier alpha value is -1.92. The van der Waals surface area contributed by atoms with Crippen LogP contribution in [0.1, 0.15) is 17.0 Å². The van der Waals surface area contributed by atoms with Crippen LogP contribution in [0.3, 0.4) is 0 Å². The molecule has 1 aromatic carbocycles. The molecule has 6 nitrogen and oxygen atoms in total. The molecule has 0 saturated heterocycles. The molecule has 2 rings (SSSR count). The molecule has 0 saturated carbocycles. The van der Waals surface area contributed by atoms with Crippen molar-refractivity contribution in [2.45, 2.75) is 20.1 Å². The van der Waals surface area contributed by atoms with E-state index in [0.717, 1.165) is 30.2 Å².